The Labute approximate surface area is 210 Å². The van der Waals surface area contributed by atoms with Crippen molar-refractivity contribution in [3.63, 3.8) is 0 Å². The van der Waals surface area contributed by atoms with Gasteiger partial charge in [0.1, 0.15) is 11.2 Å². The highest BCUT2D eigenvalue weighted by Gasteiger charge is 2.15. The minimum absolute atomic E-state index is 0.796. The molecule has 0 amide bonds. The fourth-order valence-electron chi connectivity index (χ4n) is 4.90. The lowest BCUT2D eigenvalue weighted by atomic mass is 10.0. The molecule has 0 radical (unpaired) electrons. The van der Waals surface area contributed by atoms with E-state index in [-0.39, 0.29) is 0 Å². The van der Waals surface area contributed by atoms with Gasteiger partial charge in [0.05, 0.1) is 5.36 Å². The molecule has 0 aromatic heterocycles. The maximum atomic E-state index is 6.38. The first-order valence-corrected chi connectivity index (χ1v) is 13.7. The van der Waals surface area contributed by atoms with E-state index in [0.717, 1.165) is 63.9 Å². The minimum atomic E-state index is 0.796. The Kier molecular flexibility index (Phi) is 9.16. The van der Waals surface area contributed by atoms with Crippen LogP contribution in [0.5, 0.6) is 0 Å². The first kappa shape index (κ1) is 25.2. The summed E-state index contributed by atoms with van der Waals surface area (Å²) in [4.78, 5) is 10.0. The van der Waals surface area contributed by atoms with Crippen LogP contribution in [0.1, 0.15) is 83.6 Å². The smallest absolute Gasteiger partial charge is 0.155 e. The SMILES string of the molecule is CCCCCCCCCCCCN=c1cc2oc3cc(NCC)c(C)cc3nc-2c2ccccc12. The van der Waals surface area contributed by atoms with Gasteiger partial charge in [0.25, 0.3) is 0 Å². The summed E-state index contributed by atoms with van der Waals surface area (Å²) >= 11 is 0. The van der Waals surface area contributed by atoms with Crippen molar-refractivity contribution in [2.75, 3.05) is 18.4 Å². The van der Waals surface area contributed by atoms with Crippen molar-refractivity contribution < 1.29 is 4.42 Å². The van der Waals surface area contributed by atoms with Crippen molar-refractivity contribution in [3.05, 3.63) is 53.4 Å². The summed E-state index contributed by atoms with van der Waals surface area (Å²) in [6, 6.07) is 14.7. The van der Waals surface area contributed by atoms with Crippen molar-refractivity contribution in [2.24, 2.45) is 4.99 Å². The number of aromatic nitrogens is 1. The van der Waals surface area contributed by atoms with Gasteiger partial charge in [-0.05, 0) is 31.9 Å². The molecule has 4 heteroatoms. The lowest BCUT2D eigenvalue weighted by Gasteiger charge is -2.13. The van der Waals surface area contributed by atoms with Crippen LogP contribution in [0.3, 0.4) is 0 Å². The molecule has 1 aliphatic carbocycles. The predicted octanol–water partition coefficient (Wildman–Crippen LogP) is 8.65. The van der Waals surface area contributed by atoms with E-state index in [1.54, 1.807) is 0 Å². The number of unbranched alkanes of at least 4 members (excludes halogenated alkanes) is 9. The zero-order valence-corrected chi connectivity index (χ0v) is 21.8. The predicted molar refractivity (Wildman–Crippen MR) is 149 cm³/mol. The molecular formula is C31H41N3O. The highest BCUT2D eigenvalue weighted by molar-refractivity contribution is 5.96. The Morgan fingerprint density at radius 2 is 1.51 bits per heavy atom. The second-order valence-electron chi connectivity index (χ2n) is 9.73. The molecule has 0 bridgehead atoms. The molecule has 0 atom stereocenters. The number of benzene rings is 3. The minimum Gasteiger partial charge on any atom is -0.453 e. The quantitative estimate of drug-likeness (QED) is 0.121. The maximum Gasteiger partial charge on any atom is 0.155 e. The zero-order chi connectivity index (χ0) is 24.5. The summed E-state index contributed by atoms with van der Waals surface area (Å²) in [7, 11) is 0. The monoisotopic (exact) mass is 471 g/mol. The molecule has 0 saturated carbocycles. The number of hydrogen-bond acceptors (Lipinski definition) is 4. The Bertz CT molecular complexity index is 1270. The zero-order valence-electron chi connectivity index (χ0n) is 21.8. The van der Waals surface area contributed by atoms with Gasteiger partial charge in [-0.25, -0.2) is 4.98 Å². The van der Waals surface area contributed by atoms with Crippen LogP contribution in [0, 0.1) is 6.92 Å². The highest BCUT2D eigenvalue weighted by Crippen LogP contribution is 2.32. The normalized spacial score (nSPS) is 12.3. The Morgan fingerprint density at radius 1 is 0.829 bits per heavy atom. The summed E-state index contributed by atoms with van der Waals surface area (Å²) in [5.74, 6) is 0.796. The number of fused-ring (bicyclic) bond motifs is 4. The van der Waals surface area contributed by atoms with Crippen LogP contribution in [-0.4, -0.2) is 18.1 Å². The molecule has 0 fully saturated rings. The lowest BCUT2D eigenvalue weighted by Crippen LogP contribution is -2.08. The molecule has 0 unspecified atom stereocenters. The van der Waals surface area contributed by atoms with Gasteiger partial charge in [0.2, 0.25) is 0 Å². The van der Waals surface area contributed by atoms with Gasteiger partial charge in [-0.2, -0.15) is 0 Å². The van der Waals surface area contributed by atoms with E-state index in [4.69, 9.17) is 14.4 Å². The number of aryl methyl sites for hydroxylation is 1. The molecule has 4 rings (SSSR count). The third-order valence-electron chi connectivity index (χ3n) is 6.88. The van der Waals surface area contributed by atoms with Crippen molar-refractivity contribution in [1.82, 2.24) is 4.98 Å². The van der Waals surface area contributed by atoms with E-state index in [0.29, 0.717) is 0 Å². The van der Waals surface area contributed by atoms with Crippen LogP contribution in [0.25, 0.3) is 33.3 Å². The number of nitrogens with one attached hydrogen (secondary N) is 1. The van der Waals surface area contributed by atoms with Crippen molar-refractivity contribution in [2.45, 2.75) is 85.0 Å². The second kappa shape index (κ2) is 12.7. The first-order valence-electron chi connectivity index (χ1n) is 13.7. The largest absolute Gasteiger partial charge is 0.453 e. The topological polar surface area (TPSA) is 50.4 Å². The molecule has 2 aromatic rings. The van der Waals surface area contributed by atoms with Crippen LogP contribution in [-0.2, 0) is 0 Å². The summed E-state index contributed by atoms with van der Waals surface area (Å²) in [5.41, 5.74) is 4.86. The van der Waals surface area contributed by atoms with Gasteiger partial charge in [-0.15, -0.1) is 0 Å². The highest BCUT2D eigenvalue weighted by atomic mass is 16.3. The summed E-state index contributed by atoms with van der Waals surface area (Å²) < 4.78 is 6.38. The van der Waals surface area contributed by atoms with E-state index in [2.05, 4.69) is 68.6 Å². The summed E-state index contributed by atoms with van der Waals surface area (Å²) in [6.45, 7) is 8.22. The van der Waals surface area contributed by atoms with E-state index >= 15 is 0 Å². The average molecular weight is 472 g/mol. The summed E-state index contributed by atoms with van der Waals surface area (Å²) in [6.07, 6.45) is 13.4. The third-order valence-corrected chi connectivity index (χ3v) is 6.88. The van der Waals surface area contributed by atoms with E-state index in [1.165, 1.54) is 63.4 Å². The van der Waals surface area contributed by atoms with Gasteiger partial charge in [-0.1, -0.05) is 89.0 Å². The van der Waals surface area contributed by atoms with Crippen LogP contribution in [0.15, 0.2) is 51.9 Å². The van der Waals surface area contributed by atoms with Crippen molar-refractivity contribution in [3.8, 4) is 11.5 Å². The number of rotatable bonds is 13. The van der Waals surface area contributed by atoms with Crippen LogP contribution < -0.4 is 10.7 Å². The maximum absolute atomic E-state index is 6.38. The van der Waals surface area contributed by atoms with Crippen molar-refractivity contribution >= 4 is 27.6 Å². The molecule has 4 nitrogen and oxygen atoms in total. The molecule has 0 spiro atoms. The second-order valence-corrected chi connectivity index (χ2v) is 9.73. The number of nitrogens with zero attached hydrogens (tertiary/aromatic N) is 2. The Hall–Kier alpha value is -2.88. The Morgan fingerprint density at radius 3 is 2.23 bits per heavy atom. The summed E-state index contributed by atoms with van der Waals surface area (Å²) in [5, 5.41) is 6.67. The molecule has 35 heavy (non-hydrogen) atoms. The molecule has 0 saturated heterocycles. The molecular weight excluding hydrogens is 430 g/mol. The molecule has 1 heterocycles. The fourth-order valence-corrected chi connectivity index (χ4v) is 4.90. The molecule has 2 aliphatic rings. The van der Waals surface area contributed by atoms with Gasteiger partial charge in [0.15, 0.2) is 11.3 Å². The molecule has 186 valence electrons. The molecule has 1 aliphatic heterocycles. The first-order chi connectivity index (χ1) is 17.2. The molecule has 2 aromatic carbocycles. The van der Waals surface area contributed by atoms with Gasteiger partial charge < -0.3 is 9.73 Å². The van der Waals surface area contributed by atoms with E-state index in [1.807, 2.05) is 0 Å². The standard InChI is InChI=1S/C31H41N3O/c1-4-6-7-8-9-10-11-12-13-16-19-33-27-22-30-31(25-18-15-14-17-24(25)27)34-28-20-23(3)26(32-5-2)21-29(28)35-30/h14-15,17-18,20-22,32H,4-13,16,19H2,1-3H3. The third kappa shape index (κ3) is 6.42. The van der Waals surface area contributed by atoms with Crippen molar-refractivity contribution in [1.29, 1.82) is 0 Å². The van der Waals surface area contributed by atoms with Gasteiger partial charge in [0, 0.05) is 41.7 Å². The molecule has 1 N–H and O–H groups in total. The van der Waals surface area contributed by atoms with E-state index in [9.17, 15) is 0 Å². The lowest BCUT2D eigenvalue weighted by molar-refractivity contribution is 0.557. The van der Waals surface area contributed by atoms with E-state index < -0.39 is 0 Å². The van der Waals surface area contributed by atoms with Crippen LogP contribution in [0.2, 0.25) is 0 Å². The van der Waals surface area contributed by atoms with Crippen LogP contribution >= 0.6 is 0 Å². The number of hydrogen-bond donors (Lipinski definition) is 1. The number of anilines is 1. The Balaban J connectivity index is 1.49. The average Bonchev–Trinajstić information content (AvgIpc) is 2.87. The fraction of sp³-hybridized carbons (Fsp3) is 0.484. The van der Waals surface area contributed by atoms with Gasteiger partial charge >= 0.3 is 0 Å². The van der Waals surface area contributed by atoms with Crippen LogP contribution in [0.4, 0.5) is 5.69 Å². The van der Waals surface area contributed by atoms with Gasteiger partial charge in [-0.3, -0.25) is 4.99 Å².